The Balaban J connectivity index is 1.69. The van der Waals surface area contributed by atoms with Crippen LogP contribution in [0, 0.1) is 5.82 Å². The number of nitrogens with one attached hydrogen (secondary N) is 1. The van der Waals surface area contributed by atoms with E-state index >= 15 is 0 Å². The predicted molar refractivity (Wildman–Crippen MR) is 119 cm³/mol. The van der Waals surface area contributed by atoms with Gasteiger partial charge in [0.2, 0.25) is 15.9 Å². The molecular formula is C22H22BrFN2O3S. The smallest absolute Gasteiger partial charge is 0.247 e. The van der Waals surface area contributed by atoms with Gasteiger partial charge < -0.3 is 4.90 Å². The first-order chi connectivity index (χ1) is 14.3. The fourth-order valence-electron chi connectivity index (χ4n) is 2.78. The second-order valence-electron chi connectivity index (χ2n) is 7.04. The number of hydrogen-bond donors (Lipinski definition) is 1. The van der Waals surface area contributed by atoms with Crippen LogP contribution in [-0.2, 0) is 21.4 Å². The fourth-order valence-corrected chi connectivity index (χ4v) is 4.49. The zero-order valence-corrected chi connectivity index (χ0v) is 18.6. The zero-order chi connectivity index (χ0) is 21.7. The molecule has 0 aliphatic heterocycles. The number of carbonyl (C=O) groups is 1. The summed E-state index contributed by atoms with van der Waals surface area (Å²) in [5, 5.41) is 0. The Labute approximate surface area is 184 Å². The van der Waals surface area contributed by atoms with Crippen LogP contribution in [0.2, 0.25) is 0 Å². The van der Waals surface area contributed by atoms with E-state index in [9.17, 15) is 17.6 Å². The van der Waals surface area contributed by atoms with E-state index in [2.05, 4.69) is 27.2 Å². The summed E-state index contributed by atoms with van der Waals surface area (Å²) < 4.78 is 41.8. The first-order valence-electron chi connectivity index (χ1n) is 9.43. The third-order valence-corrected chi connectivity index (χ3v) is 6.57. The number of rotatable bonds is 9. The molecule has 0 atom stereocenters. The van der Waals surface area contributed by atoms with Crippen molar-refractivity contribution in [3.63, 3.8) is 0 Å². The van der Waals surface area contributed by atoms with Gasteiger partial charge in [0.15, 0.2) is 0 Å². The van der Waals surface area contributed by atoms with Gasteiger partial charge in [-0.25, -0.2) is 17.5 Å². The normalized spacial score (nSPS) is 14.1. The number of nitrogens with zero attached hydrogens (tertiary/aromatic N) is 1. The minimum atomic E-state index is -3.51. The lowest BCUT2D eigenvalue weighted by Gasteiger charge is -2.20. The Morgan fingerprint density at radius 2 is 1.93 bits per heavy atom. The van der Waals surface area contributed by atoms with Crippen molar-refractivity contribution in [2.45, 2.75) is 30.3 Å². The lowest BCUT2D eigenvalue weighted by atomic mass is 10.2. The molecule has 1 fully saturated rings. The molecule has 8 heteroatoms. The summed E-state index contributed by atoms with van der Waals surface area (Å²) >= 11 is 3.31. The highest BCUT2D eigenvalue weighted by Crippen LogP contribution is 2.22. The van der Waals surface area contributed by atoms with E-state index < -0.39 is 10.0 Å². The molecule has 0 heterocycles. The average molecular weight is 493 g/mol. The lowest BCUT2D eigenvalue weighted by molar-refractivity contribution is -0.126. The minimum Gasteiger partial charge on any atom is -0.331 e. The minimum absolute atomic E-state index is 0.0399. The van der Waals surface area contributed by atoms with Crippen LogP contribution in [0.4, 0.5) is 4.39 Å². The Kier molecular flexibility index (Phi) is 7.23. The van der Waals surface area contributed by atoms with Crippen molar-refractivity contribution in [3.05, 3.63) is 82.6 Å². The SMILES string of the molecule is C=CCN(Cc1cc(Br)ccc1F)C(=O)C=Cc1ccc(S(=O)(=O)NC2CC2)cc1. The largest absolute Gasteiger partial charge is 0.331 e. The number of hydrogen-bond acceptors (Lipinski definition) is 3. The maximum absolute atomic E-state index is 14.0. The van der Waals surface area contributed by atoms with Crippen LogP contribution < -0.4 is 4.72 Å². The molecule has 0 radical (unpaired) electrons. The van der Waals surface area contributed by atoms with Crippen molar-refractivity contribution in [1.29, 1.82) is 0 Å². The van der Waals surface area contributed by atoms with Crippen LogP contribution in [0.25, 0.3) is 6.08 Å². The number of carbonyl (C=O) groups excluding carboxylic acids is 1. The zero-order valence-electron chi connectivity index (χ0n) is 16.2. The Bertz CT molecular complexity index is 1060. The quantitative estimate of drug-likeness (QED) is 0.420. The van der Waals surface area contributed by atoms with E-state index in [-0.39, 0.29) is 35.8 Å². The van der Waals surface area contributed by atoms with E-state index in [1.165, 1.54) is 29.2 Å². The molecule has 1 aliphatic rings. The van der Waals surface area contributed by atoms with Gasteiger partial charge in [-0.1, -0.05) is 34.1 Å². The van der Waals surface area contributed by atoms with E-state index in [0.29, 0.717) is 11.1 Å². The van der Waals surface area contributed by atoms with Gasteiger partial charge in [-0.2, -0.15) is 0 Å². The number of amides is 1. The Morgan fingerprint density at radius 3 is 2.57 bits per heavy atom. The van der Waals surface area contributed by atoms with Crippen LogP contribution in [0.15, 0.2) is 70.6 Å². The second-order valence-corrected chi connectivity index (χ2v) is 9.67. The summed E-state index contributed by atoms with van der Waals surface area (Å²) in [6.07, 6.45) is 6.29. The summed E-state index contributed by atoms with van der Waals surface area (Å²) in [5.41, 5.74) is 1.08. The molecule has 30 heavy (non-hydrogen) atoms. The van der Waals surface area contributed by atoms with Crippen LogP contribution in [-0.4, -0.2) is 31.8 Å². The molecule has 0 unspecified atom stereocenters. The summed E-state index contributed by atoms with van der Waals surface area (Å²) in [6, 6.07) is 10.9. The van der Waals surface area contributed by atoms with Crippen molar-refractivity contribution in [2.75, 3.05) is 6.54 Å². The average Bonchev–Trinajstić information content (AvgIpc) is 3.52. The van der Waals surface area contributed by atoms with E-state index in [1.807, 2.05) is 0 Å². The highest BCUT2D eigenvalue weighted by atomic mass is 79.9. The van der Waals surface area contributed by atoms with E-state index in [0.717, 1.165) is 17.3 Å². The first-order valence-corrected chi connectivity index (χ1v) is 11.7. The molecular weight excluding hydrogens is 471 g/mol. The molecule has 0 spiro atoms. The topological polar surface area (TPSA) is 66.5 Å². The molecule has 158 valence electrons. The molecule has 3 rings (SSSR count). The standard InChI is InChI=1S/C22H22BrFN2O3S/c1-2-13-26(15-17-14-18(23)6-11-21(17)24)22(27)12-5-16-3-9-20(10-4-16)30(28,29)25-19-7-8-19/h2-6,9-12,14,19,25H,1,7-8,13,15H2. The van der Waals surface area contributed by atoms with Crippen LogP contribution in [0.3, 0.4) is 0 Å². The molecule has 0 bridgehead atoms. The summed E-state index contributed by atoms with van der Waals surface area (Å²) in [5.74, 6) is -0.693. The number of benzene rings is 2. The molecule has 0 saturated heterocycles. The molecule has 2 aromatic rings. The van der Waals surface area contributed by atoms with Gasteiger partial charge in [-0.15, -0.1) is 6.58 Å². The van der Waals surface area contributed by atoms with Crippen LogP contribution in [0.1, 0.15) is 24.0 Å². The van der Waals surface area contributed by atoms with Gasteiger partial charge in [0.25, 0.3) is 0 Å². The highest BCUT2D eigenvalue weighted by molar-refractivity contribution is 9.10. The predicted octanol–water partition coefficient (Wildman–Crippen LogP) is 4.26. The van der Waals surface area contributed by atoms with E-state index in [1.54, 1.807) is 36.4 Å². The molecule has 1 saturated carbocycles. The van der Waals surface area contributed by atoms with Gasteiger partial charge in [0.05, 0.1) is 4.90 Å². The molecule has 1 amide bonds. The maximum atomic E-state index is 14.0. The van der Waals surface area contributed by atoms with Gasteiger partial charge in [-0.3, -0.25) is 4.79 Å². The third-order valence-electron chi connectivity index (χ3n) is 4.54. The molecule has 5 nitrogen and oxygen atoms in total. The molecule has 2 aromatic carbocycles. The van der Waals surface area contributed by atoms with Crippen LogP contribution >= 0.6 is 15.9 Å². The van der Waals surface area contributed by atoms with Crippen molar-refractivity contribution in [1.82, 2.24) is 9.62 Å². The number of sulfonamides is 1. The van der Waals surface area contributed by atoms with Crippen LogP contribution in [0.5, 0.6) is 0 Å². The summed E-state index contributed by atoms with van der Waals surface area (Å²) in [4.78, 5) is 14.3. The van der Waals surface area contributed by atoms with Crippen molar-refractivity contribution < 1.29 is 17.6 Å². The lowest BCUT2D eigenvalue weighted by Crippen LogP contribution is -2.29. The van der Waals surface area contributed by atoms with Gasteiger partial charge in [-0.05, 0) is 54.8 Å². The number of halogens is 2. The fraction of sp³-hybridized carbons (Fsp3) is 0.227. The van der Waals surface area contributed by atoms with Crippen molar-refractivity contribution in [2.24, 2.45) is 0 Å². The van der Waals surface area contributed by atoms with Gasteiger partial charge in [0, 0.05) is 35.2 Å². The Morgan fingerprint density at radius 1 is 1.23 bits per heavy atom. The van der Waals surface area contributed by atoms with Gasteiger partial charge >= 0.3 is 0 Å². The summed E-state index contributed by atoms with van der Waals surface area (Å²) in [7, 11) is -3.51. The summed E-state index contributed by atoms with van der Waals surface area (Å²) in [6.45, 7) is 4.02. The third kappa shape index (κ3) is 6.10. The molecule has 0 aromatic heterocycles. The van der Waals surface area contributed by atoms with Crippen molar-refractivity contribution >= 4 is 37.9 Å². The monoisotopic (exact) mass is 492 g/mol. The maximum Gasteiger partial charge on any atom is 0.247 e. The van der Waals surface area contributed by atoms with E-state index in [4.69, 9.17) is 0 Å². The second kappa shape index (κ2) is 9.68. The highest BCUT2D eigenvalue weighted by Gasteiger charge is 2.27. The van der Waals surface area contributed by atoms with Crippen molar-refractivity contribution in [3.8, 4) is 0 Å². The molecule has 1 aliphatic carbocycles. The molecule has 1 N–H and O–H groups in total. The Hall–Kier alpha value is -2.29. The van der Waals surface area contributed by atoms with Gasteiger partial charge in [0.1, 0.15) is 5.82 Å². The first kappa shape index (κ1) is 22.4.